The zero-order chi connectivity index (χ0) is 23.8. The van der Waals surface area contributed by atoms with E-state index >= 15 is 0 Å². The summed E-state index contributed by atoms with van der Waals surface area (Å²) in [6.07, 6.45) is 1.41. The van der Waals surface area contributed by atoms with E-state index in [-0.39, 0.29) is 12.4 Å². The van der Waals surface area contributed by atoms with E-state index in [1.807, 2.05) is 0 Å². The maximum Gasteiger partial charge on any atom is 0.343 e. The third kappa shape index (κ3) is 7.21. The molecule has 3 aromatic carbocycles. The molecule has 7 nitrogen and oxygen atoms in total. The van der Waals surface area contributed by atoms with Gasteiger partial charge in [0, 0.05) is 9.50 Å². The minimum Gasteiger partial charge on any atom is -0.493 e. The molecule has 3 aromatic rings. The van der Waals surface area contributed by atoms with Gasteiger partial charge in [0.15, 0.2) is 18.1 Å². The van der Waals surface area contributed by atoms with Crippen LogP contribution in [0.25, 0.3) is 0 Å². The topological polar surface area (TPSA) is 86.2 Å². The van der Waals surface area contributed by atoms with E-state index in [1.165, 1.54) is 19.4 Å². The molecule has 0 aliphatic rings. The monoisotopic (exact) mass is 550 g/mol. The number of halogens is 3. The van der Waals surface area contributed by atoms with Crippen LogP contribution in [0, 0.1) is 0 Å². The van der Waals surface area contributed by atoms with E-state index in [4.69, 9.17) is 37.4 Å². The zero-order valence-corrected chi connectivity index (χ0v) is 20.3. The van der Waals surface area contributed by atoms with Gasteiger partial charge >= 0.3 is 5.97 Å². The van der Waals surface area contributed by atoms with Gasteiger partial charge < -0.3 is 14.2 Å². The molecule has 0 aliphatic heterocycles. The van der Waals surface area contributed by atoms with Crippen LogP contribution in [0.2, 0.25) is 10.0 Å². The van der Waals surface area contributed by atoms with E-state index in [1.54, 1.807) is 54.6 Å². The number of methoxy groups -OCH3 is 1. The number of hydrogen-bond acceptors (Lipinski definition) is 6. The SMILES string of the molecule is COc1cc(C=NNC(=O)COc2ccc(Cl)cc2Cl)ccc1OC(=O)c1ccc(Br)cc1. The van der Waals surface area contributed by atoms with Crippen LogP contribution < -0.4 is 19.6 Å². The van der Waals surface area contributed by atoms with E-state index in [0.29, 0.717) is 32.7 Å². The smallest absolute Gasteiger partial charge is 0.343 e. The lowest BCUT2D eigenvalue weighted by atomic mass is 10.2. The molecular weight excluding hydrogens is 535 g/mol. The van der Waals surface area contributed by atoms with Gasteiger partial charge in [0.2, 0.25) is 0 Å². The Morgan fingerprint density at radius 3 is 2.42 bits per heavy atom. The molecule has 0 fully saturated rings. The molecule has 0 heterocycles. The number of amides is 1. The first kappa shape index (κ1) is 24.6. The summed E-state index contributed by atoms with van der Waals surface area (Å²) in [7, 11) is 1.45. The fourth-order valence-electron chi connectivity index (χ4n) is 2.54. The van der Waals surface area contributed by atoms with Gasteiger partial charge in [-0.2, -0.15) is 5.10 Å². The van der Waals surface area contributed by atoms with Crippen molar-refractivity contribution >= 4 is 57.2 Å². The summed E-state index contributed by atoms with van der Waals surface area (Å²) < 4.78 is 16.9. The number of hydrazone groups is 1. The number of carbonyl (C=O) groups excluding carboxylic acids is 2. The second kappa shape index (κ2) is 11.7. The van der Waals surface area contributed by atoms with Crippen LogP contribution >= 0.6 is 39.1 Å². The summed E-state index contributed by atoms with van der Waals surface area (Å²) in [6, 6.07) is 16.3. The summed E-state index contributed by atoms with van der Waals surface area (Å²) in [5.41, 5.74) is 3.36. The summed E-state index contributed by atoms with van der Waals surface area (Å²) in [5, 5.41) is 4.65. The van der Waals surface area contributed by atoms with Crippen molar-refractivity contribution in [3.8, 4) is 17.2 Å². The van der Waals surface area contributed by atoms with Crippen molar-refractivity contribution in [3.63, 3.8) is 0 Å². The molecule has 170 valence electrons. The number of esters is 1. The molecule has 0 saturated heterocycles. The molecule has 0 aliphatic carbocycles. The van der Waals surface area contributed by atoms with Crippen molar-refractivity contribution in [2.24, 2.45) is 5.10 Å². The Morgan fingerprint density at radius 1 is 1.00 bits per heavy atom. The van der Waals surface area contributed by atoms with E-state index < -0.39 is 11.9 Å². The fraction of sp³-hybridized carbons (Fsp3) is 0.0870. The highest BCUT2D eigenvalue weighted by molar-refractivity contribution is 9.10. The van der Waals surface area contributed by atoms with E-state index in [0.717, 1.165) is 4.47 Å². The minimum atomic E-state index is -0.518. The van der Waals surface area contributed by atoms with Crippen LogP contribution in [0.3, 0.4) is 0 Å². The fourth-order valence-corrected chi connectivity index (χ4v) is 3.27. The number of nitrogens with one attached hydrogen (secondary N) is 1. The molecule has 0 atom stereocenters. The van der Waals surface area contributed by atoms with Crippen LogP contribution in [0.1, 0.15) is 15.9 Å². The van der Waals surface area contributed by atoms with Gasteiger partial charge in [-0.1, -0.05) is 39.1 Å². The lowest BCUT2D eigenvalue weighted by Crippen LogP contribution is -2.24. The summed E-state index contributed by atoms with van der Waals surface area (Å²) in [4.78, 5) is 24.3. The first-order chi connectivity index (χ1) is 15.9. The van der Waals surface area contributed by atoms with Crippen molar-refractivity contribution in [1.82, 2.24) is 5.43 Å². The Morgan fingerprint density at radius 2 is 1.73 bits per heavy atom. The van der Waals surface area contributed by atoms with Gasteiger partial charge in [0.1, 0.15) is 5.75 Å². The number of nitrogens with zero attached hydrogens (tertiary/aromatic N) is 1. The molecule has 0 aromatic heterocycles. The Bertz CT molecular complexity index is 1190. The van der Waals surface area contributed by atoms with Gasteiger partial charge in [-0.15, -0.1) is 0 Å². The highest BCUT2D eigenvalue weighted by Crippen LogP contribution is 2.29. The third-order valence-corrected chi connectivity index (χ3v) is 5.18. The van der Waals surface area contributed by atoms with Gasteiger partial charge in [0.05, 0.1) is 23.9 Å². The Balaban J connectivity index is 1.56. The first-order valence-electron chi connectivity index (χ1n) is 9.41. The van der Waals surface area contributed by atoms with E-state index in [9.17, 15) is 9.59 Å². The molecule has 1 N–H and O–H groups in total. The lowest BCUT2D eigenvalue weighted by molar-refractivity contribution is -0.123. The van der Waals surface area contributed by atoms with Crippen molar-refractivity contribution in [1.29, 1.82) is 0 Å². The van der Waals surface area contributed by atoms with Crippen molar-refractivity contribution in [2.75, 3.05) is 13.7 Å². The van der Waals surface area contributed by atoms with Crippen LogP contribution in [0.5, 0.6) is 17.2 Å². The Hall–Kier alpha value is -3.07. The predicted molar refractivity (Wildman–Crippen MR) is 130 cm³/mol. The van der Waals surface area contributed by atoms with Crippen molar-refractivity contribution < 1.29 is 23.8 Å². The van der Waals surface area contributed by atoms with Crippen LogP contribution in [0.15, 0.2) is 70.2 Å². The molecule has 33 heavy (non-hydrogen) atoms. The van der Waals surface area contributed by atoms with Gasteiger partial charge in [-0.3, -0.25) is 4.79 Å². The standard InChI is InChI=1S/C23H17BrCl2N2O5/c1-31-21-10-14(2-8-20(21)33-23(30)15-3-5-16(24)6-4-15)12-27-28-22(29)13-32-19-9-7-17(25)11-18(19)26/h2-12H,13H2,1H3,(H,28,29). The Kier molecular flexibility index (Phi) is 8.71. The third-order valence-electron chi connectivity index (χ3n) is 4.13. The number of carbonyl (C=O) groups is 2. The minimum absolute atomic E-state index is 0.250. The van der Waals surface area contributed by atoms with Crippen LogP contribution in [-0.2, 0) is 4.79 Å². The molecule has 10 heteroatoms. The highest BCUT2D eigenvalue weighted by Gasteiger charge is 2.13. The maximum absolute atomic E-state index is 12.3. The molecule has 0 bridgehead atoms. The highest BCUT2D eigenvalue weighted by atomic mass is 79.9. The van der Waals surface area contributed by atoms with Gasteiger partial charge in [-0.25, -0.2) is 10.2 Å². The Labute approximate surface area is 208 Å². The molecule has 0 unspecified atom stereocenters. The molecule has 3 rings (SSSR count). The normalized spacial score (nSPS) is 10.7. The number of hydrogen-bond donors (Lipinski definition) is 1. The molecular formula is C23H17BrCl2N2O5. The second-order valence-corrected chi connectivity index (χ2v) is 8.22. The molecule has 0 saturated carbocycles. The molecule has 0 radical (unpaired) electrons. The zero-order valence-electron chi connectivity index (χ0n) is 17.2. The number of ether oxygens (including phenoxy) is 3. The van der Waals surface area contributed by atoms with Crippen molar-refractivity contribution in [3.05, 3.63) is 86.3 Å². The number of rotatable bonds is 8. The van der Waals surface area contributed by atoms with Gasteiger partial charge in [0.25, 0.3) is 5.91 Å². The molecule has 1 amide bonds. The second-order valence-electron chi connectivity index (χ2n) is 6.46. The first-order valence-corrected chi connectivity index (χ1v) is 11.0. The molecule has 0 spiro atoms. The lowest BCUT2D eigenvalue weighted by Gasteiger charge is -2.10. The summed E-state index contributed by atoms with van der Waals surface area (Å²) in [5.74, 6) is -0.0888. The van der Waals surface area contributed by atoms with Crippen molar-refractivity contribution in [2.45, 2.75) is 0 Å². The average molecular weight is 552 g/mol. The predicted octanol–water partition coefficient (Wildman–Crippen LogP) is 5.51. The van der Waals surface area contributed by atoms with E-state index in [2.05, 4.69) is 26.5 Å². The quantitative estimate of drug-likeness (QED) is 0.172. The maximum atomic E-state index is 12.3. The number of benzene rings is 3. The van der Waals surface area contributed by atoms with Crippen LogP contribution in [0.4, 0.5) is 0 Å². The summed E-state index contributed by atoms with van der Waals surface area (Å²) >= 11 is 15.1. The average Bonchev–Trinajstić information content (AvgIpc) is 2.79. The summed E-state index contributed by atoms with van der Waals surface area (Å²) in [6.45, 7) is -0.285. The van der Waals surface area contributed by atoms with Gasteiger partial charge in [-0.05, 0) is 66.2 Å². The van der Waals surface area contributed by atoms with Crippen LogP contribution in [-0.4, -0.2) is 31.8 Å². The largest absolute Gasteiger partial charge is 0.493 e.